The van der Waals surface area contributed by atoms with Crippen molar-refractivity contribution in [3.63, 3.8) is 0 Å². The number of halogens is 2. The summed E-state index contributed by atoms with van der Waals surface area (Å²) in [5, 5.41) is 0.760. The lowest BCUT2D eigenvalue weighted by Gasteiger charge is -2.10. The average molecular weight is 435 g/mol. The second-order valence-corrected chi connectivity index (χ2v) is 7.02. The van der Waals surface area contributed by atoms with Crippen molar-refractivity contribution in [1.29, 1.82) is 0 Å². The van der Waals surface area contributed by atoms with Crippen LogP contribution in [0.1, 0.15) is 26.3 Å². The number of allylic oxidation sites excluding steroid dienone is 3. The number of benzene rings is 1. The van der Waals surface area contributed by atoms with E-state index in [1.807, 2.05) is 32.9 Å². The van der Waals surface area contributed by atoms with Crippen molar-refractivity contribution in [1.82, 2.24) is 18.7 Å². The predicted octanol–water partition coefficient (Wildman–Crippen LogP) is 4.41. The molecule has 0 radical (unpaired) electrons. The Morgan fingerprint density at radius 3 is 2.34 bits per heavy atom. The smallest absolute Gasteiger partial charge is 0.304 e. The van der Waals surface area contributed by atoms with Gasteiger partial charge in [-0.3, -0.25) is 13.9 Å². The number of rotatable bonds is 5. The zero-order valence-electron chi connectivity index (χ0n) is 16.9. The Morgan fingerprint density at radius 1 is 1.14 bits per heavy atom. The number of nitrogens with zero attached hydrogens (tertiary/aromatic N) is 4. The second-order valence-electron chi connectivity index (χ2n) is 6.25. The predicted molar refractivity (Wildman–Crippen MR) is 120 cm³/mol. The molecule has 0 unspecified atom stereocenters. The van der Waals surface area contributed by atoms with E-state index in [1.54, 1.807) is 28.9 Å². The summed E-state index contributed by atoms with van der Waals surface area (Å²) in [6.45, 7) is 10.1. The number of imidazole rings is 1. The molecule has 0 N–H and O–H groups in total. The second kappa shape index (κ2) is 9.76. The Morgan fingerprint density at radius 2 is 1.76 bits per heavy atom. The van der Waals surface area contributed by atoms with Gasteiger partial charge in [0, 0.05) is 12.1 Å². The van der Waals surface area contributed by atoms with E-state index in [4.69, 9.17) is 23.2 Å². The molecule has 0 saturated heterocycles. The molecule has 0 fully saturated rings. The largest absolute Gasteiger partial charge is 0.332 e. The quantitative estimate of drug-likeness (QED) is 0.441. The van der Waals surface area contributed by atoms with Gasteiger partial charge in [-0.25, -0.2) is 4.79 Å². The van der Waals surface area contributed by atoms with Gasteiger partial charge in [-0.15, -0.1) is 0 Å². The Balaban J connectivity index is 0.00000145. The summed E-state index contributed by atoms with van der Waals surface area (Å²) in [4.78, 5) is 29.7. The molecular weight excluding hydrogens is 411 g/mol. The van der Waals surface area contributed by atoms with E-state index < -0.39 is 11.2 Å². The van der Waals surface area contributed by atoms with Gasteiger partial charge in [0.25, 0.3) is 5.56 Å². The minimum Gasteiger partial charge on any atom is -0.304 e. The summed E-state index contributed by atoms with van der Waals surface area (Å²) in [5.41, 5.74) is 1.46. The van der Waals surface area contributed by atoms with E-state index in [9.17, 15) is 9.59 Å². The zero-order chi connectivity index (χ0) is 21.7. The standard InChI is InChI=1S/C19H18Cl2N4O2.C2H6/c1-4-5-12(2)10-25-16-15(17(26)23(3)19(25)27)24(18(21)22-16)11-13-6-8-14(20)9-7-13;1-2/h4-9H,1,10-11H2,2-3H3;1-2H3/b12-5+;. The maximum atomic E-state index is 12.8. The summed E-state index contributed by atoms with van der Waals surface area (Å²) in [7, 11) is 1.45. The third kappa shape index (κ3) is 4.71. The molecule has 3 aromatic rings. The molecule has 2 aromatic heterocycles. The van der Waals surface area contributed by atoms with E-state index in [-0.39, 0.29) is 23.0 Å². The molecule has 0 aliphatic heterocycles. The highest BCUT2D eigenvalue weighted by Gasteiger charge is 2.20. The first-order valence-corrected chi connectivity index (χ1v) is 9.97. The van der Waals surface area contributed by atoms with Crippen LogP contribution in [0.5, 0.6) is 0 Å². The maximum Gasteiger partial charge on any atom is 0.332 e. The molecule has 0 spiro atoms. The van der Waals surface area contributed by atoms with Gasteiger partial charge in [0.05, 0.1) is 13.1 Å². The minimum atomic E-state index is -0.447. The van der Waals surface area contributed by atoms with E-state index in [0.717, 1.165) is 15.7 Å². The summed E-state index contributed by atoms with van der Waals surface area (Å²) in [6, 6.07) is 7.23. The topological polar surface area (TPSA) is 61.8 Å². The maximum absolute atomic E-state index is 12.8. The molecule has 0 atom stereocenters. The highest BCUT2D eigenvalue weighted by atomic mass is 35.5. The van der Waals surface area contributed by atoms with Crippen LogP contribution >= 0.6 is 23.2 Å². The zero-order valence-corrected chi connectivity index (χ0v) is 18.5. The molecule has 6 nitrogen and oxygen atoms in total. The SMILES string of the molecule is C=C/C=C(\C)Cn1c(=O)n(C)c(=O)c2c1nc(Cl)n2Cc1ccc(Cl)cc1.CC. The van der Waals surface area contributed by atoms with E-state index in [2.05, 4.69) is 11.6 Å². The van der Waals surface area contributed by atoms with Crippen molar-refractivity contribution < 1.29 is 0 Å². The van der Waals surface area contributed by atoms with E-state index in [1.165, 1.54) is 11.6 Å². The van der Waals surface area contributed by atoms with Crippen LogP contribution in [0, 0.1) is 0 Å². The summed E-state index contributed by atoms with van der Waals surface area (Å²) in [5.74, 6) is 0. The molecule has 0 bridgehead atoms. The van der Waals surface area contributed by atoms with Crippen molar-refractivity contribution >= 4 is 34.4 Å². The summed E-state index contributed by atoms with van der Waals surface area (Å²) < 4.78 is 4.11. The monoisotopic (exact) mass is 434 g/mol. The normalized spacial score (nSPS) is 11.3. The fraction of sp³-hybridized carbons (Fsp3) is 0.286. The molecule has 0 amide bonds. The molecule has 0 aliphatic carbocycles. The van der Waals surface area contributed by atoms with Gasteiger partial charge in [0.1, 0.15) is 0 Å². The van der Waals surface area contributed by atoms with Crippen molar-refractivity contribution in [2.24, 2.45) is 7.05 Å². The van der Waals surface area contributed by atoms with Crippen LogP contribution in [0.2, 0.25) is 10.3 Å². The number of hydrogen-bond acceptors (Lipinski definition) is 3. The molecule has 1 aromatic carbocycles. The first-order valence-electron chi connectivity index (χ1n) is 9.21. The van der Waals surface area contributed by atoms with Gasteiger partial charge in [0.2, 0.25) is 5.28 Å². The first kappa shape index (κ1) is 22.7. The van der Waals surface area contributed by atoms with Gasteiger partial charge < -0.3 is 4.57 Å². The lowest BCUT2D eigenvalue weighted by molar-refractivity contribution is 0.660. The fourth-order valence-corrected chi connectivity index (χ4v) is 3.24. The average Bonchev–Trinajstić information content (AvgIpc) is 3.03. The van der Waals surface area contributed by atoms with Crippen molar-refractivity contribution in [3.8, 4) is 0 Å². The molecule has 8 heteroatoms. The molecule has 154 valence electrons. The Labute approximate surface area is 179 Å². The molecular formula is C21H24Cl2N4O2. The van der Waals surface area contributed by atoms with Crippen molar-refractivity contribution in [3.05, 3.63) is 85.3 Å². The van der Waals surface area contributed by atoms with Crippen LogP contribution < -0.4 is 11.2 Å². The minimum absolute atomic E-state index is 0.141. The van der Waals surface area contributed by atoms with Crippen LogP contribution in [0.25, 0.3) is 11.2 Å². The lowest BCUT2D eigenvalue weighted by atomic mass is 10.2. The molecule has 29 heavy (non-hydrogen) atoms. The van der Waals surface area contributed by atoms with Crippen LogP contribution in [0.4, 0.5) is 0 Å². The summed E-state index contributed by atoms with van der Waals surface area (Å²) >= 11 is 12.3. The van der Waals surface area contributed by atoms with E-state index >= 15 is 0 Å². The molecule has 2 heterocycles. The van der Waals surface area contributed by atoms with Gasteiger partial charge in [0.15, 0.2) is 11.2 Å². The molecule has 0 aliphatic rings. The van der Waals surface area contributed by atoms with Crippen LogP contribution in [-0.4, -0.2) is 18.7 Å². The highest BCUT2D eigenvalue weighted by molar-refractivity contribution is 6.30. The number of fused-ring (bicyclic) bond motifs is 1. The first-order chi connectivity index (χ1) is 13.8. The summed E-state index contributed by atoms with van der Waals surface area (Å²) in [6.07, 6.45) is 3.45. The lowest BCUT2D eigenvalue weighted by Crippen LogP contribution is -2.39. The van der Waals surface area contributed by atoms with Crippen molar-refractivity contribution in [2.45, 2.75) is 33.9 Å². The van der Waals surface area contributed by atoms with Gasteiger partial charge in [-0.05, 0) is 36.2 Å². The van der Waals surface area contributed by atoms with Crippen molar-refractivity contribution in [2.75, 3.05) is 0 Å². The van der Waals surface area contributed by atoms with Crippen LogP contribution in [0.15, 0.2) is 58.2 Å². The van der Waals surface area contributed by atoms with E-state index in [0.29, 0.717) is 11.6 Å². The Hall–Kier alpha value is -2.57. The van der Waals surface area contributed by atoms with Crippen LogP contribution in [-0.2, 0) is 20.1 Å². The Kier molecular flexibility index (Phi) is 7.65. The third-order valence-electron chi connectivity index (χ3n) is 4.25. The molecule has 3 rings (SSSR count). The number of aromatic nitrogens is 4. The third-order valence-corrected chi connectivity index (χ3v) is 4.79. The molecule has 0 saturated carbocycles. The number of hydrogen-bond donors (Lipinski definition) is 0. The van der Waals surface area contributed by atoms with Gasteiger partial charge in [-0.2, -0.15) is 4.98 Å². The fourth-order valence-electron chi connectivity index (χ4n) is 2.89. The highest BCUT2D eigenvalue weighted by Crippen LogP contribution is 2.19. The van der Waals surface area contributed by atoms with Gasteiger partial charge >= 0.3 is 5.69 Å². The van der Waals surface area contributed by atoms with Crippen LogP contribution in [0.3, 0.4) is 0 Å². The Bertz CT molecular complexity index is 1170. The van der Waals surface area contributed by atoms with Gasteiger partial charge in [-0.1, -0.05) is 61.9 Å².